The molecule has 4 heteroatoms. The molecule has 0 unspecified atom stereocenters. The monoisotopic (exact) mass is 240 g/mol. The number of hydrogen-bond acceptors (Lipinski definition) is 3. The van der Waals surface area contributed by atoms with Crippen LogP contribution in [0.2, 0.25) is 5.02 Å². The highest BCUT2D eigenvalue weighted by atomic mass is 35.5. The van der Waals surface area contributed by atoms with Crippen LogP contribution in [0.5, 0.6) is 5.88 Å². The maximum atomic E-state index is 6.08. The van der Waals surface area contributed by atoms with E-state index in [-0.39, 0.29) is 0 Å². The van der Waals surface area contributed by atoms with E-state index in [2.05, 4.69) is 10.3 Å². The Kier molecular flexibility index (Phi) is 4.02. The molecule has 0 aliphatic heterocycles. The molecule has 0 saturated heterocycles. The molecule has 88 valence electrons. The third-order valence-corrected chi connectivity index (χ3v) is 2.98. The summed E-state index contributed by atoms with van der Waals surface area (Å²) in [7, 11) is 1.90. The highest BCUT2D eigenvalue weighted by Crippen LogP contribution is 2.32. The second-order valence-electron chi connectivity index (χ2n) is 4.24. The fraction of sp³-hybridized carbons (Fsp3) is 0.583. The minimum Gasteiger partial charge on any atom is -0.477 e. The summed E-state index contributed by atoms with van der Waals surface area (Å²) in [5.41, 5.74) is 1.07. The van der Waals surface area contributed by atoms with Crippen LogP contribution < -0.4 is 10.1 Å². The third-order valence-electron chi connectivity index (χ3n) is 2.71. The molecule has 0 spiro atoms. The van der Waals surface area contributed by atoms with Crippen LogP contribution in [0.4, 0.5) is 0 Å². The van der Waals surface area contributed by atoms with E-state index in [9.17, 15) is 0 Å². The van der Waals surface area contributed by atoms with Crippen molar-refractivity contribution in [3.63, 3.8) is 0 Å². The maximum absolute atomic E-state index is 6.08. The van der Waals surface area contributed by atoms with Gasteiger partial charge in [0.25, 0.3) is 0 Å². The summed E-state index contributed by atoms with van der Waals surface area (Å²) in [5.74, 6) is 1.43. The smallest absolute Gasteiger partial charge is 0.232 e. The van der Waals surface area contributed by atoms with E-state index < -0.39 is 0 Å². The van der Waals surface area contributed by atoms with Gasteiger partial charge in [-0.05, 0) is 31.0 Å². The van der Waals surface area contributed by atoms with Gasteiger partial charge in [0.1, 0.15) is 5.02 Å². The number of ether oxygens (including phenoxy) is 1. The summed E-state index contributed by atoms with van der Waals surface area (Å²) >= 11 is 6.08. The lowest BCUT2D eigenvalue weighted by molar-refractivity contribution is 0.291. The van der Waals surface area contributed by atoms with Gasteiger partial charge >= 0.3 is 0 Å². The maximum Gasteiger partial charge on any atom is 0.232 e. The van der Waals surface area contributed by atoms with Gasteiger partial charge in [0.05, 0.1) is 6.61 Å². The standard InChI is InChI=1S/C12H17ClN2O/c1-14-7-10-6-11(13)12(15-8-10)16-5-4-9-2-3-9/h6,8-9,14H,2-5,7H2,1H3. The van der Waals surface area contributed by atoms with Crippen LogP contribution in [0.1, 0.15) is 24.8 Å². The van der Waals surface area contributed by atoms with Crippen LogP contribution in [-0.2, 0) is 6.54 Å². The molecular formula is C12H17ClN2O. The lowest BCUT2D eigenvalue weighted by Gasteiger charge is -2.07. The summed E-state index contributed by atoms with van der Waals surface area (Å²) in [6.07, 6.45) is 5.63. The number of pyridine rings is 1. The minimum atomic E-state index is 0.558. The second kappa shape index (κ2) is 5.51. The molecule has 0 atom stereocenters. The van der Waals surface area contributed by atoms with Gasteiger partial charge in [0.2, 0.25) is 5.88 Å². The number of nitrogens with zero attached hydrogens (tertiary/aromatic N) is 1. The van der Waals surface area contributed by atoms with Crippen molar-refractivity contribution in [1.82, 2.24) is 10.3 Å². The van der Waals surface area contributed by atoms with E-state index in [0.29, 0.717) is 10.9 Å². The van der Waals surface area contributed by atoms with Crippen molar-refractivity contribution in [2.75, 3.05) is 13.7 Å². The van der Waals surface area contributed by atoms with E-state index in [1.807, 2.05) is 13.1 Å². The van der Waals surface area contributed by atoms with Gasteiger partial charge in [-0.15, -0.1) is 0 Å². The fourth-order valence-corrected chi connectivity index (χ4v) is 1.84. The predicted octanol–water partition coefficient (Wildman–Crippen LogP) is 2.63. The summed E-state index contributed by atoms with van der Waals surface area (Å²) in [6, 6.07) is 1.90. The molecule has 0 bridgehead atoms. The molecule has 1 fully saturated rings. The van der Waals surface area contributed by atoms with Crippen LogP contribution in [0.15, 0.2) is 12.3 Å². The molecule has 1 N–H and O–H groups in total. The molecule has 0 amide bonds. The first-order chi connectivity index (χ1) is 7.79. The molecule has 2 rings (SSSR count). The average molecular weight is 241 g/mol. The van der Waals surface area contributed by atoms with Crippen molar-refractivity contribution >= 4 is 11.6 Å². The van der Waals surface area contributed by atoms with Crippen LogP contribution in [0.25, 0.3) is 0 Å². The minimum absolute atomic E-state index is 0.558. The Morgan fingerprint density at radius 3 is 3.00 bits per heavy atom. The third kappa shape index (κ3) is 3.35. The zero-order valence-electron chi connectivity index (χ0n) is 9.50. The zero-order valence-corrected chi connectivity index (χ0v) is 10.3. The van der Waals surface area contributed by atoms with Crippen LogP contribution in [0.3, 0.4) is 0 Å². The first kappa shape index (κ1) is 11.7. The molecule has 0 radical (unpaired) electrons. The molecule has 16 heavy (non-hydrogen) atoms. The molecule has 1 saturated carbocycles. The Morgan fingerprint density at radius 1 is 1.56 bits per heavy atom. The van der Waals surface area contributed by atoms with Crippen molar-refractivity contribution in [1.29, 1.82) is 0 Å². The molecule has 3 nitrogen and oxygen atoms in total. The Hall–Kier alpha value is -0.800. The van der Waals surface area contributed by atoms with Gasteiger partial charge in [-0.3, -0.25) is 0 Å². The van der Waals surface area contributed by atoms with E-state index in [1.165, 1.54) is 12.8 Å². The normalized spacial score (nSPS) is 15.1. The van der Waals surface area contributed by atoms with Gasteiger partial charge in [0.15, 0.2) is 0 Å². The Bertz CT molecular complexity index is 353. The quantitative estimate of drug-likeness (QED) is 0.830. The van der Waals surface area contributed by atoms with Crippen molar-refractivity contribution in [3.05, 3.63) is 22.8 Å². The number of rotatable bonds is 6. The van der Waals surface area contributed by atoms with Crippen molar-refractivity contribution in [3.8, 4) is 5.88 Å². The van der Waals surface area contributed by atoms with Crippen LogP contribution in [0, 0.1) is 5.92 Å². The first-order valence-electron chi connectivity index (χ1n) is 5.71. The number of aromatic nitrogens is 1. The van der Waals surface area contributed by atoms with Crippen molar-refractivity contribution < 1.29 is 4.74 Å². The van der Waals surface area contributed by atoms with E-state index in [1.54, 1.807) is 6.20 Å². The van der Waals surface area contributed by atoms with Gasteiger partial charge in [-0.2, -0.15) is 0 Å². The zero-order chi connectivity index (χ0) is 11.4. The first-order valence-corrected chi connectivity index (χ1v) is 6.09. The van der Waals surface area contributed by atoms with Gasteiger partial charge in [-0.25, -0.2) is 4.98 Å². The Morgan fingerprint density at radius 2 is 2.38 bits per heavy atom. The van der Waals surface area contributed by atoms with Crippen molar-refractivity contribution in [2.45, 2.75) is 25.8 Å². The molecular weight excluding hydrogens is 224 g/mol. The number of hydrogen-bond donors (Lipinski definition) is 1. The Balaban J connectivity index is 1.87. The molecule has 1 aromatic heterocycles. The average Bonchev–Trinajstić information content (AvgIpc) is 3.06. The second-order valence-corrected chi connectivity index (χ2v) is 4.65. The van der Waals surface area contributed by atoms with E-state index >= 15 is 0 Å². The van der Waals surface area contributed by atoms with E-state index in [4.69, 9.17) is 16.3 Å². The molecule has 1 aliphatic carbocycles. The lowest BCUT2D eigenvalue weighted by Crippen LogP contribution is -2.06. The van der Waals surface area contributed by atoms with Crippen LogP contribution >= 0.6 is 11.6 Å². The van der Waals surface area contributed by atoms with Gasteiger partial charge in [-0.1, -0.05) is 24.4 Å². The fourth-order valence-electron chi connectivity index (χ4n) is 1.60. The van der Waals surface area contributed by atoms with Crippen LogP contribution in [-0.4, -0.2) is 18.6 Å². The lowest BCUT2D eigenvalue weighted by atomic mass is 10.3. The largest absolute Gasteiger partial charge is 0.477 e. The summed E-state index contributed by atoms with van der Waals surface area (Å²) in [5, 5.41) is 3.66. The predicted molar refractivity (Wildman–Crippen MR) is 64.8 cm³/mol. The summed E-state index contributed by atoms with van der Waals surface area (Å²) in [4.78, 5) is 4.22. The molecule has 1 aromatic rings. The highest BCUT2D eigenvalue weighted by molar-refractivity contribution is 6.31. The molecule has 1 aliphatic rings. The number of halogens is 1. The molecule has 1 heterocycles. The summed E-state index contributed by atoms with van der Waals surface area (Å²) in [6.45, 7) is 1.50. The van der Waals surface area contributed by atoms with Gasteiger partial charge in [0, 0.05) is 12.7 Å². The highest BCUT2D eigenvalue weighted by Gasteiger charge is 2.20. The Labute approximate surface area is 101 Å². The topological polar surface area (TPSA) is 34.2 Å². The van der Waals surface area contributed by atoms with E-state index in [0.717, 1.165) is 31.1 Å². The van der Waals surface area contributed by atoms with Crippen molar-refractivity contribution in [2.24, 2.45) is 5.92 Å². The summed E-state index contributed by atoms with van der Waals surface area (Å²) < 4.78 is 5.56. The SMILES string of the molecule is CNCc1cnc(OCCC2CC2)c(Cl)c1. The number of nitrogens with one attached hydrogen (secondary N) is 1. The van der Waals surface area contributed by atoms with Gasteiger partial charge < -0.3 is 10.1 Å². The molecule has 0 aromatic carbocycles.